The maximum absolute atomic E-state index is 13.9. The Balaban J connectivity index is 1.22. The molecule has 7 rings (SSSR count). The van der Waals surface area contributed by atoms with Crippen molar-refractivity contribution in [1.29, 1.82) is 0 Å². The van der Waals surface area contributed by atoms with E-state index >= 15 is 0 Å². The lowest BCUT2D eigenvalue weighted by Crippen LogP contribution is -2.59. The SMILES string of the molecule is CO[C@H]1/C=C/C[C@H](C)C(NC(=O)N2CC(OC3CC3)C2)[S-](=O)=NC(=O)c2ccc3c(c2)N(Cc2ccc(Cl)cc2CCCCO3)C[C@@H]2CC[C@H]21. The molecule has 5 aliphatic rings. The van der Waals surface area contributed by atoms with Gasteiger partial charge in [0.25, 0.3) is 5.91 Å². The standard InChI is InChI=1S/C38H48ClN4O6S/c1-24-6-5-8-34(47-2)32-15-10-28(32)21-42-20-27-9-12-29(39)18-25(27)7-3-4-17-48-35-16-11-26(19-33(35)42)36(44)41-50(46)37(24)40-38(45)43-22-31(23-43)49-30-13-14-30/h5,8-9,11-12,16,18-19,24,28,30-32,34,37H,3-4,6-7,10,13-15,17,20-23H2,1-2H3,(H,40,45)/q-1/b8-5+/t24-,28-,32+,34-,37?/m0/s1. The van der Waals surface area contributed by atoms with Gasteiger partial charge in [-0.1, -0.05) is 36.7 Å². The number of urea groups is 1. The van der Waals surface area contributed by atoms with Crippen LogP contribution in [-0.4, -0.2) is 73.9 Å². The Kier molecular flexibility index (Phi) is 11.0. The number of fused-ring (bicyclic) bond motifs is 3. The number of carbonyl (C=O) groups is 2. The van der Waals surface area contributed by atoms with Gasteiger partial charge in [-0.3, -0.25) is 4.79 Å². The molecular weight excluding hydrogens is 676 g/mol. The molecule has 1 N–H and O–H groups in total. The van der Waals surface area contributed by atoms with Crippen LogP contribution in [0.1, 0.15) is 73.4 Å². The highest BCUT2D eigenvalue weighted by Gasteiger charge is 2.39. The number of ether oxygens (including phenoxy) is 3. The van der Waals surface area contributed by atoms with E-state index in [1.807, 2.05) is 25.1 Å². The minimum absolute atomic E-state index is 0.0362. The molecule has 2 aliphatic carbocycles. The Morgan fingerprint density at radius 3 is 2.64 bits per heavy atom. The van der Waals surface area contributed by atoms with Crippen LogP contribution < -0.4 is 15.0 Å². The van der Waals surface area contributed by atoms with Crippen LogP contribution in [0.3, 0.4) is 0 Å². The number of nitrogens with zero attached hydrogens (tertiary/aromatic N) is 3. The third-order valence-corrected chi connectivity index (χ3v) is 12.4. The predicted octanol–water partition coefficient (Wildman–Crippen LogP) is 6.89. The van der Waals surface area contributed by atoms with Crippen molar-refractivity contribution in [1.82, 2.24) is 10.2 Å². The summed E-state index contributed by atoms with van der Waals surface area (Å²) >= 11 is 6.46. The second kappa shape index (κ2) is 15.6. The van der Waals surface area contributed by atoms with Gasteiger partial charge in [-0.2, -0.15) is 10.6 Å². The molecule has 0 aromatic heterocycles. The second-order valence-electron chi connectivity index (χ2n) is 14.5. The van der Waals surface area contributed by atoms with Crippen LogP contribution in [0.15, 0.2) is 52.9 Å². The van der Waals surface area contributed by atoms with E-state index in [4.69, 9.17) is 25.8 Å². The molecule has 10 nitrogen and oxygen atoms in total. The van der Waals surface area contributed by atoms with Crippen molar-refractivity contribution in [2.75, 3.05) is 38.3 Å². The van der Waals surface area contributed by atoms with Crippen molar-refractivity contribution in [3.05, 3.63) is 70.3 Å². The van der Waals surface area contributed by atoms with Gasteiger partial charge in [0.15, 0.2) is 0 Å². The average molecular weight is 724 g/mol. The largest absolute Gasteiger partial charge is 0.491 e. The summed E-state index contributed by atoms with van der Waals surface area (Å²) in [4.78, 5) is 31.0. The van der Waals surface area contributed by atoms with Crippen LogP contribution in [0.5, 0.6) is 5.75 Å². The van der Waals surface area contributed by atoms with Crippen LogP contribution in [0.4, 0.5) is 10.5 Å². The lowest BCUT2D eigenvalue weighted by molar-refractivity contribution is -0.0444. The Bertz CT molecular complexity index is 1690. The number of carbonyl (C=O) groups excluding carboxylic acids is 2. The summed E-state index contributed by atoms with van der Waals surface area (Å²) in [6.07, 6.45) is 12.0. The molecule has 2 aromatic carbocycles. The third kappa shape index (κ3) is 8.16. The monoisotopic (exact) mass is 723 g/mol. The smallest absolute Gasteiger partial charge is 0.316 e. The fourth-order valence-electron chi connectivity index (χ4n) is 7.50. The normalized spacial score (nSPS) is 28.8. The fraction of sp³-hybridized carbons (Fsp3) is 0.579. The molecule has 3 aliphatic heterocycles. The zero-order valence-electron chi connectivity index (χ0n) is 28.9. The highest BCUT2D eigenvalue weighted by molar-refractivity contribution is 7.75. The van der Waals surface area contributed by atoms with Crippen molar-refractivity contribution >= 4 is 39.8 Å². The molecule has 2 aromatic rings. The number of halogens is 1. The lowest BCUT2D eigenvalue weighted by Gasteiger charge is -2.43. The number of methoxy groups -OCH3 is 1. The first kappa shape index (κ1) is 35.3. The Morgan fingerprint density at radius 2 is 1.88 bits per heavy atom. The van der Waals surface area contributed by atoms with Crippen LogP contribution in [0.2, 0.25) is 5.02 Å². The van der Waals surface area contributed by atoms with Crippen LogP contribution in [0, 0.1) is 17.8 Å². The Hall–Kier alpha value is -3.12. The quantitative estimate of drug-likeness (QED) is 0.271. The van der Waals surface area contributed by atoms with Crippen LogP contribution in [0.25, 0.3) is 0 Å². The van der Waals surface area contributed by atoms with Crippen LogP contribution in [-0.2, 0) is 37.2 Å². The maximum Gasteiger partial charge on any atom is 0.316 e. The molecular formula is C38H48ClN4O6S-. The maximum atomic E-state index is 13.9. The van der Waals surface area contributed by atoms with E-state index < -0.39 is 21.9 Å². The van der Waals surface area contributed by atoms with E-state index in [0.717, 1.165) is 62.2 Å². The summed E-state index contributed by atoms with van der Waals surface area (Å²) < 4.78 is 36.4. The molecule has 3 amide bonds. The first-order valence-electron chi connectivity index (χ1n) is 18.1. The Morgan fingerprint density at radius 1 is 1.04 bits per heavy atom. The number of hydrogen-bond acceptors (Lipinski definition) is 8. The minimum atomic E-state index is -2.04. The zero-order valence-corrected chi connectivity index (χ0v) is 30.5. The second-order valence-corrected chi connectivity index (χ2v) is 16.2. The van der Waals surface area contributed by atoms with Gasteiger partial charge in [0.05, 0.1) is 43.7 Å². The number of benzene rings is 2. The summed E-state index contributed by atoms with van der Waals surface area (Å²) in [6, 6.07) is 11.2. The van der Waals surface area contributed by atoms with Gasteiger partial charge in [-0.15, -0.1) is 0 Å². The molecule has 12 heteroatoms. The first-order chi connectivity index (χ1) is 24.2. The highest BCUT2D eigenvalue weighted by atomic mass is 35.5. The third-order valence-electron chi connectivity index (χ3n) is 10.9. The number of likely N-dealkylation sites (tertiary alicyclic amines) is 1. The molecule has 2 saturated carbocycles. The van der Waals surface area contributed by atoms with Gasteiger partial charge >= 0.3 is 6.03 Å². The van der Waals surface area contributed by atoms with E-state index in [1.54, 1.807) is 18.1 Å². The summed E-state index contributed by atoms with van der Waals surface area (Å²) in [5.74, 6) is 0.520. The molecule has 270 valence electrons. The van der Waals surface area contributed by atoms with E-state index in [1.165, 1.54) is 11.1 Å². The van der Waals surface area contributed by atoms with Gasteiger partial charge in [0, 0.05) is 30.8 Å². The van der Waals surface area contributed by atoms with E-state index in [0.29, 0.717) is 61.9 Å². The molecule has 3 fully saturated rings. The topological polar surface area (TPSA) is 110 Å². The lowest BCUT2D eigenvalue weighted by atomic mass is 9.70. The molecule has 1 saturated heterocycles. The molecule has 5 atom stereocenters. The van der Waals surface area contributed by atoms with Crippen molar-refractivity contribution in [2.24, 2.45) is 22.1 Å². The minimum Gasteiger partial charge on any atom is -0.491 e. The summed E-state index contributed by atoms with van der Waals surface area (Å²) in [6.45, 7) is 4.84. The van der Waals surface area contributed by atoms with E-state index in [9.17, 15) is 13.8 Å². The molecule has 50 heavy (non-hydrogen) atoms. The molecule has 0 spiro atoms. The van der Waals surface area contributed by atoms with E-state index in [-0.39, 0.29) is 24.2 Å². The fourth-order valence-corrected chi connectivity index (χ4v) is 8.79. The predicted molar refractivity (Wildman–Crippen MR) is 194 cm³/mol. The number of hydrogen-bond donors (Lipinski definition) is 1. The first-order valence-corrected chi connectivity index (χ1v) is 19.7. The van der Waals surface area contributed by atoms with E-state index in [2.05, 4.69) is 38.9 Å². The van der Waals surface area contributed by atoms with Gasteiger partial charge in [0.2, 0.25) is 0 Å². The molecule has 0 radical (unpaired) electrons. The van der Waals surface area contributed by atoms with Crippen LogP contribution >= 0.6 is 11.6 Å². The highest BCUT2D eigenvalue weighted by Crippen LogP contribution is 2.42. The number of aryl methyl sites for hydroxylation is 1. The van der Waals surface area contributed by atoms with Crippen molar-refractivity contribution in [3.8, 4) is 5.75 Å². The van der Waals surface area contributed by atoms with Crippen molar-refractivity contribution in [3.63, 3.8) is 0 Å². The average Bonchev–Trinajstić information content (AvgIpc) is 3.90. The molecule has 2 bridgehead atoms. The number of allylic oxidation sites excluding steroid dienone is 1. The van der Waals surface area contributed by atoms with Gasteiger partial charge in [-0.25, -0.2) is 4.79 Å². The summed E-state index contributed by atoms with van der Waals surface area (Å²) in [5, 5.41) is 2.81. The number of anilines is 1. The molecule has 3 heterocycles. The summed E-state index contributed by atoms with van der Waals surface area (Å²) in [5.41, 5.74) is 3.55. The summed E-state index contributed by atoms with van der Waals surface area (Å²) in [7, 11) is -0.285. The molecule has 1 unspecified atom stereocenters. The zero-order chi connectivity index (χ0) is 34.8. The van der Waals surface area contributed by atoms with Crippen molar-refractivity contribution < 1.29 is 28.0 Å². The van der Waals surface area contributed by atoms with Crippen molar-refractivity contribution in [2.45, 2.75) is 88.5 Å². The van der Waals surface area contributed by atoms with Gasteiger partial charge < -0.3 is 37.9 Å². The number of rotatable bonds is 4. The number of nitrogens with one attached hydrogen (secondary N) is 1. The Labute approximate surface area is 302 Å². The van der Waals surface area contributed by atoms with Gasteiger partial charge in [0.1, 0.15) is 5.75 Å². The number of amides is 3. The van der Waals surface area contributed by atoms with Gasteiger partial charge in [-0.05, 0) is 116 Å².